The minimum atomic E-state index is -1.18. The molecule has 7 atom stereocenters. The number of nitrogens with zero attached hydrogens (tertiary/aromatic N) is 1. The Morgan fingerprint density at radius 1 is 1.07 bits per heavy atom. The first-order valence-electron chi connectivity index (χ1n) is 15.6. The zero-order valence-corrected chi connectivity index (χ0v) is 26.1. The fourth-order valence-corrected chi connectivity index (χ4v) is 7.62. The molecule has 0 radical (unpaired) electrons. The average Bonchev–Trinajstić information content (AvgIpc) is 3.60. The number of hydrogen-bond acceptors (Lipinski definition) is 6. The van der Waals surface area contributed by atoms with Crippen molar-refractivity contribution >= 4 is 29.1 Å². The van der Waals surface area contributed by atoms with E-state index in [4.69, 9.17) is 9.47 Å². The number of aliphatic hydroxyl groups is 1. The topological polar surface area (TPSA) is 117 Å². The van der Waals surface area contributed by atoms with E-state index in [9.17, 15) is 19.5 Å². The summed E-state index contributed by atoms with van der Waals surface area (Å²) in [6.07, 6.45) is 2.27. The number of fused-ring (bicyclic) bond motifs is 1. The van der Waals surface area contributed by atoms with Crippen LogP contribution in [0.4, 0.5) is 11.4 Å². The second-order valence-electron chi connectivity index (χ2n) is 12.5. The van der Waals surface area contributed by atoms with Crippen molar-refractivity contribution in [1.82, 2.24) is 4.90 Å². The predicted molar refractivity (Wildman–Crippen MR) is 165 cm³/mol. The van der Waals surface area contributed by atoms with E-state index in [1.54, 1.807) is 29.2 Å². The summed E-state index contributed by atoms with van der Waals surface area (Å²) in [4.78, 5) is 44.6. The number of rotatable bonds is 11. The quantitative estimate of drug-likeness (QED) is 0.344. The average molecular weight is 592 g/mol. The fourth-order valence-electron chi connectivity index (χ4n) is 7.62. The zero-order chi connectivity index (χ0) is 31.1. The molecule has 3 N–H and O–H groups in total. The highest BCUT2D eigenvalue weighted by Gasteiger charge is 2.79. The van der Waals surface area contributed by atoms with Gasteiger partial charge in [-0.1, -0.05) is 39.3 Å². The molecule has 0 aliphatic carbocycles. The van der Waals surface area contributed by atoms with Crippen LogP contribution in [0.3, 0.4) is 0 Å². The Morgan fingerprint density at radius 3 is 2.42 bits per heavy atom. The number of amides is 3. The number of likely N-dealkylation sites (tertiary alicyclic amines) is 1. The van der Waals surface area contributed by atoms with Gasteiger partial charge in [-0.25, -0.2) is 0 Å². The summed E-state index contributed by atoms with van der Waals surface area (Å²) in [7, 11) is 0. The summed E-state index contributed by atoms with van der Waals surface area (Å²) in [5, 5.41) is 16.7. The Hall–Kier alpha value is -3.43. The highest BCUT2D eigenvalue weighted by atomic mass is 16.5. The molecule has 9 nitrogen and oxygen atoms in total. The smallest absolute Gasteiger partial charge is 0.250 e. The molecule has 3 fully saturated rings. The van der Waals surface area contributed by atoms with Crippen LogP contribution >= 0.6 is 0 Å². The van der Waals surface area contributed by atoms with Crippen molar-refractivity contribution in [2.45, 2.75) is 90.5 Å². The molecule has 5 rings (SSSR count). The van der Waals surface area contributed by atoms with Gasteiger partial charge in [-0.3, -0.25) is 14.4 Å². The minimum absolute atomic E-state index is 0.0753. The highest BCUT2D eigenvalue weighted by Crippen LogP contribution is 2.65. The van der Waals surface area contributed by atoms with E-state index in [0.29, 0.717) is 49.4 Å². The second kappa shape index (κ2) is 11.9. The lowest BCUT2D eigenvalue weighted by Gasteiger charge is -2.39. The zero-order valence-electron chi connectivity index (χ0n) is 26.1. The number of aryl methyl sites for hydroxylation is 2. The van der Waals surface area contributed by atoms with E-state index in [1.165, 1.54) is 0 Å². The number of anilines is 2. The molecule has 9 heteroatoms. The normalized spacial score (nSPS) is 28.9. The molecule has 2 aromatic rings. The first kappa shape index (κ1) is 31.0. The molecule has 3 saturated heterocycles. The molecular weight excluding hydrogens is 546 g/mol. The maximum atomic E-state index is 14.6. The summed E-state index contributed by atoms with van der Waals surface area (Å²) in [6, 6.07) is 11.4. The van der Waals surface area contributed by atoms with Gasteiger partial charge < -0.3 is 30.1 Å². The van der Waals surface area contributed by atoms with Gasteiger partial charge >= 0.3 is 0 Å². The first-order valence-corrected chi connectivity index (χ1v) is 15.6. The van der Waals surface area contributed by atoms with Crippen LogP contribution < -0.4 is 15.4 Å². The lowest BCUT2D eigenvalue weighted by molar-refractivity contribution is -0.149. The second-order valence-corrected chi connectivity index (χ2v) is 12.5. The van der Waals surface area contributed by atoms with E-state index in [-0.39, 0.29) is 30.2 Å². The molecule has 2 aromatic carbocycles. The Kier molecular flexibility index (Phi) is 8.60. The van der Waals surface area contributed by atoms with Crippen LogP contribution in [0.15, 0.2) is 42.5 Å². The Morgan fingerprint density at radius 2 is 1.79 bits per heavy atom. The summed E-state index contributed by atoms with van der Waals surface area (Å²) in [5.74, 6) is -1.97. The van der Waals surface area contributed by atoms with Gasteiger partial charge in [0.15, 0.2) is 0 Å². The summed E-state index contributed by atoms with van der Waals surface area (Å²) in [5.41, 5.74) is 1.11. The van der Waals surface area contributed by atoms with Crippen LogP contribution in [0.5, 0.6) is 5.75 Å². The van der Waals surface area contributed by atoms with Crippen LogP contribution in [0.25, 0.3) is 0 Å². The number of hydrogen-bond donors (Lipinski definition) is 3. The molecule has 2 unspecified atom stereocenters. The first-order chi connectivity index (χ1) is 20.6. The summed E-state index contributed by atoms with van der Waals surface area (Å²) < 4.78 is 12.4. The van der Waals surface area contributed by atoms with Gasteiger partial charge in [0.2, 0.25) is 17.7 Å². The SMILES string of the molecule is CCOc1ccc(NC(=O)[C@H]2[C@H]3C(=O)N([C@@H](CO)[C@@H](C)CC)C(C(=O)Nc4cc(C)ccc4C)C34CC[C@]2(CC)O4)cc1. The van der Waals surface area contributed by atoms with E-state index in [0.717, 1.165) is 11.1 Å². The molecule has 3 aliphatic heterocycles. The standard InChI is InChI=1S/C34H45N3O6/c1-7-21(5)26(19-38)37-29(31(40)36-25-18-20(4)10-11-22(25)6)34-17-16-33(8-2,43-34)27(28(34)32(37)41)30(39)35-23-12-14-24(15-13-23)42-9-3/h10-15,18,21,26-29,38H,7-9,16-17,19H2,1-6H3,(H,35,39)(H,36,40)/t21-,26-,27+,28-,29?,33-,34?/m0/s1. The van der Waals surface area contributed by atoms with Crippen LogP contribution in [-0.2, 0) is 19.1 Å². The number of nitrogens with one attached hydrogen (secondary N) is 2. The molecule has 0 aromatic heterocycles. The number of ether oxygens (including phenoxy) is 2. The van der Waals surface area contributed by atoms with Crippen molar-refractivity contribution in [2.24, 2.45) is 17.8 Å². The van der Waals surface area contributed by atoms with Gasteiger partial charge in [-0.2, -0.15) is 0 Å². The van der Waals surface area contributed by atoms with E-state index >= 15 is 0 Å². The Bertz CT molecular complexity index is 1380. The van der Waals surface area contributed by atoms with Crippen molar-refractivity contribution in [3.8, 4) is 5.75 Å². The van der Waals surface area contributed by atoms with E-state index in [2.05, 4.69) is 10.6 Å². The van der Waals surface area contributed by atoms with Gasteiger partial charge in [-0.05, 0) is 87.4 Å². The highest BCUT2D eigenvalue weighted by molar-refractivity contribution is 6.05. The predicted octanol–water partition coefficient (Wildman–Crippen LogP) is 4.84. The van der Waals surface area contributed by atoms with Crippen molar-refractivity contribution in [3.63, 3.8) is 0 Å². The van der Waals surface area contributed by atoms with Crippen LogP contribution in [-0.4, -0.2) is 64.2 Å². The number of carbonyl (C=O) groups excluding carboxylic acids is 3. The van der Waals surface area contributed by atoms with Gasteiger partial charge in [0, 0.05) is 11.4 Å². The maximum Gasteiger partial charge on any atom is 0.250 e. The van der Waals surface area contributed by atoms with Crippen molar-refractivity contribution in [3.05, 3.63) is 53.6 Å². The van der Waals surface area contributed by atoms with E-state index in [1.807, 2.05) is 59.7 Å². The Labute approximate surface area is 254 Å². The molecular formula is C34H45N3O6. The van der Waals surface area contributed by atoms with Gasteiger partial charge in [0.25, 0.3) is 0 Å². The molecule has 3 heterocycles. The van der Waals surface area contributed by atoms with Crippen LogP contribution in [0.1, 0.15) is 64.5 Å². The number of carbonyl (C=O) groups is 3. The number of benzene rings is 2. The van der Waals surface area contributed by atoms with E-state index < -0.39 is 35.1 Å². The van der Waals surface area contributed by atoms with Gasteiger partial charge in [0.1, 0.15) is 17.4 Å². The third kappa shape index (κ3) is 5.10. The van der Waals surface area contributed by atoms with Crippen molar-refractivity contribution < 1.29 is 29.0 Å². The maximum absolute atomic E-state index is 14.6. The van der Waals surface area contributed by atoms with Crippen molar-refractivity contribution in [2.75, 3.05) is 23.8 Å². The van der Waals surface area contributed by atoms with Crippen LogP contribution in [0.2, 0.25) is 0 Å². The molecule has 2 bridgehead atoms. The lowest BCUT2D eigenvalue weighted by Crippen LogP contribution is -2.57. The molecule has 1 spiro atoms. The number of aliphatic hydroxyl groups excluding tert-OH is 1. The summed E-state index contributed by atoms with van der Waals surface area (Å²) >= 11 is 0. The molecule has 232 valence electrons. The molecule has 3 aliphatic rings. The lowest BCUT2D eigenvalue weighted by atomic mass is 9.65. The largest absolute Gasteiger partial charge is 0.494 e. The minimum Gasteiger partial charge on any atom is -0.494 e. The third-order valence-corrected chi connectivity index (χ3v) is 10.1. The molecule has 43 heavy (non-hydrogen) atoms. The summed E-state index contributed by atoms with van der Waals surface area (Å²) in [6.45, 7) is 12.0. The Balaban J connectivity index is 1.55. The van der Waals surface area contributed by atoms with Gasteiger partial charge in [0.05, 0.1) is 36.7 Å². The monoisotopic (exact) mass is 591 g/mol. The molecule has 3 amide bonds. The van der Waals surface area contributed by atoms with Gasteiger partial charge in [-0.15, -0.1) is 0 Å². The third-order valence-electron chi connectivity index (χ3n) is 10.1. The fraction of sp³-hybridized carbons (Fsp3) is 0.559. The molecule has 0 saturated carbocycles. The van der Waals surface area contributed by atoms with Crippen molar-refractivity contribution in [1.29, 1.82) is 0 Å². The van der Waals surface area contributed by atoms with Crippen LogP contribution in [0, 0.1) is 31.6 Å².